The number of halogens is 1. The first kappa shape index (κ1) is 15.8. The maximum atomic E-state index is 13.8. The van der Waals surface area contributed by atoms with Crippen LogP contribution in [0.25, 0.3) is 0 Å². The van der Waals surface area contributed by atoms with E-state index in [1.54, 1.807) is 39.0 Å². The summed E-state index contributed by atoms with van der Waals surface area (Å²) in [7, 11) is 0. The van der Waals surface area contributed by atoms with E-state index < -0.39 is 17.1 Å². The molecule has 0 radical (unpaired) electrons. The Morgan fingerprint density at radius 3 is 2.71 bits per heavy atom. The molecule has 116 valence electrons. The molecule has 0 aliphatic heterocycles. The van der Waals surface area contributed by atoms with Crippen LogP contribution in [0.3, 0.4) is 0 Å². The number of alkyl carbamates (subject to hydrolysis) is 1. The SMILES string of the molecule is CC(C)(C)OC(=O)NC[C@@]1(CO)C[C@@H]1c1ccccc1F. The third-order valence-electron chi connectivity index (χ3n) is 3.77. The average molecular weight is 295 g/mol. The van der Waals surface area contributed by atoms with E-state index in [2.05, 4.69) is 5.32 Å². The highest BCUT2D eigenvalue weighted by molar-refractivity contribution is 5.67. The molecule has 2 atom stereocenters. The van der Waals surface area contributed by atoms with Crippen LogP contribution >= 0.6 is 0 Å². The van der Waals surface area contributed by atoms with Gasteiger partial charge in [0.1, 0.15) is 11.4 Å². The van der Waals surface area contributed by atoms with Gasteiger partial charge in [-0.1, -0.05) is 18.2 Å². The molecule has 1 fully saturated rings. The normalized spacial score (nSPS) is 24.5. The standard InChI is InChI=1S/C16H22FNO3/c1-15(2,3)21-14(20)18-9-16(10-19)8-12(16)11-6-4-5-7-13(11)17/h4-7,12,19H,8-10H2,1-3H3,(H,18,20)/t12-,16-/m1/s1. The number of carbonyl (C=O) groups excluding carboxylic acids is 1. The summed E-state index contributed by atoms with van der Waals surface area (Å²) in [5.41, 5.74) is -0.457. The Hall–Kier alpha value is -1.62. The molecule has 5 heteroatoms. The third kappa shape index (κ3) is 3.73. The van der Waals surface area contributed by atoms with Crippen molar-refractivity contribution in [2.24, 2.45) is 5.41 Å². The molecule has 0 heterocycles. The van der Waals surface area contributed by atoms with Crippen LogP contribution < -0.4 is 5.32 Å². The third-order valence-corrected chi connectivity index (χ3v) is 3.77. The topological polar surface area (TPSA) is 58.6 Å². The number of amides is 1. The molecule has 1 saturated carbocycles. The van der Waals surface area contributed by atoms with E-state index in [9.17, 15) is 14.3 Å². The van der Waals surface area contributed by atoms with Crippen LogP contribution in [0.15, 0.2) is 24.3 Å². The second-order valence-corrected chi connectivity index (χ2v) is 6.65. The zero-order chi connectivity index (χ0) is 15.7. The number of aliphatic hydroxyl groups is 1. The van der Waals surface area contributed by atoms with Crippen LogP contribution in [0.2, 0.25) is 0 Å². The van der Waals surface area contributed by atoms with Gasteiger partial charge < -0.3 is 15.2 Å². The number of rotatable bonds is 4. The Bertz CT molecular complexity index is 526. The van der Waals surface area contributed by atoms with E-state index in [0.717, 1.165) is 0 Å². The molecule has 1 aliphatic rings. The van der Waals surface area contributed by atoms with Gasteiger partial charge >= 0.3 is 6.09 Å². The Kier molecular flexibility index (Phi) is 4.23. The zero-order valence-corrected chi connectivity index (χ0v) is 12.6. The molecular weight excluding hydrogens is 273 g/mol. The van der Waals surface area contributed by atoms with Crippen molar-refractivity contribution in [3.63, 3.8) is 0 Å². The van der Waals surface area contributed by atoms with Crippen LogP contribution in [0.5, 0.6) is 0 Å². The smallest absolute Gasteiger partial charge is 0.407 e. The molecule has 0 aromatic heterocycles. The second-order valence-electron chi connectivity index (χ2n) is 6.65. The Balaban J connectivity index is 1.96. The molecule has 2 N–H and O–H groups in total. The predicted molar refractivity (Wildman–Crippen MR) is 77.5 cm³/mol. The summed E-state index contributed by atoms with van der Waals surface area (Å²) in [6, 6.07) is 6.56. The fraction of sp³-hybridized carbons (Fsp3) is 0.562. The second kappa shape index (κ2) is 5.64. The van der Waals surface area contributed by atoms with Crippen molar-refractivity contribution >= 4 is 6.09 Å². The summed E-state index contributed by atoms with van der Waals surface area (Å²) in [5.74, 6) is -0.339. The summed E-state index contributed by atoms with van der Waals surface area (Å²) in [6.45, 7) is 5.54. The van der Waals surface area contributed by atoms with Gasteiger partial charge in [-0.2, -0.15) is 0 Å². The maximum absolute atomic E-state index is 13.8. The van der Waals surface area contributed by atoms with Gasteiger partial charge in [-0.3, -0.25) is 0 Å². The van der Waals surface area contributed by atoms with E-state index in [1.807, 2.05) is 0 Å². The lowest BCUT2D eigenvalue weighted by atomic mass is 9.99. The van der Waals surface area contributed by atoms with Crippen molar-refractivity contribution in [3.05, 3.63) is 35.6 Å². The van der Waals surface area contributed by atoms with Crippen molar-refractivity contribution in [1.29, 1.82) is 0 Å². The molecule has 0 bridgehead atoms. The largest absolute Gasteiger partial charge is 0.444 e. The average Bonchev–Trinajstić information content (AvgIpc) is 3.10. The molecule has 1 amide bonds. The first-order chi connectivity index (χ1) is 9.77. The molecule has 1 aliphatic carbocycles. The van der Waals surface area contributed by atoms with Crippen molar-refractivity contribution in [1.82, 2.24) is 5.32 Å². The van der Waals surface area contributed by atoms with Crippen molar-refractivity contribution in [2.45, 2.75) is 38.7 Å². The Morgan fingerprint density at radius 2 is 2.14 bits per heavy atom. The summed E-state index contributed by atoms with van der Waals surface area (Å²) in [5, 5.41) is 12.3. The number of hydrogen-bond acceptors (Lipinski definition) is 3. The molecule has 2 rings (SSSR count). The summed E-state index contributed by atoms with van der Waals surface area (Å²) >= 11 is 0. The first-order valence-electron chi connectivity index (χ1n) is 7.09. The lowest BCUT2D eigenvalue weighted by Gasteiger charge is -2.21. The molecule has 1 aromatic rings. The quantitative estimate of drug-likeness (QED) is 0.898. The van der Waals surface area contributed by atoms with Gasteiger partial charge in [0.15, 0.2) is 0 Å². The Labute approximate surface area is 124 Å². The lowest BCUT2D eigenvalue weighted by molar-refractivity contribution is 0.0506. The number of nitrogens with one attached hydrogen (secondary N) is 1. The minimum atomic E-state index is -0.565. The fourth-order valence-electron chi connectivity index (χ4n) is 2.53. The molecule has 0 spiro atoms. The Morgan fingerprint density at radius 1 is 1.48 bits per heavy atom. The van der Waals surface area contributed by atoms with E-state index in [4.69, 9.17) is 4.74 Å². The van der Waals surface area contributed by atoms with Crippen LogP contribution in [-0.4, -0.2) is 30.0 Å². The highest BCUT2D eigenvalue weighted by Crippen LogP contribution is 2.59. The van der Waals surface area contributed by atoms with Gasteiger partial charge in [0.2, 0.25) is 0 Å². The van der Waals surface area contributed by atoms with E-state index >= 15 is 0 Å². The number of carbonyl (C=O) groups is 1. The van der Waals surface area contributed by atoms with Crippen LogP contribution in [0, 0.1) is 11.2 Å². The summed E-state index contributed by atoms with van der Waals surface area (Å²) in [6.07, 6.45) is 0.134. The number of aliphatic hydroxyl groups excluding tert-OH is 1. The monoisotopic (exact) mass is 295 g/mol. The van der Waals surface area contributed by atoms with Crippen LogP contribution in [0.1, 0.15) is 38.7 Å². The number of hydrogen-bond donors (Lipinski definition) is 2. The van der Waals surface area contributed by atoms with Gasteiger partial charge in [-0.25, -0.2) is 9.18 Å². The molecule has 0 unspecified atom stereocenters. The fourth-order valence-corrected chi connectivity index (χ4v) is 2.53. The van der Waals surface area contributed by atoms with E-state index in [1.165, 1.54) is 6.07 Å². The first-order valence-corrected chi connectivity index (χ1v) is 7.09. The molecule has 0 saturated heterocycles. The summed E-state index contributed by atoms with van der Waals surface area (Å²) in [4.78, 5) is 11.7. The van der Waals surface area contributed by atoms with Crippen LogP contribution in [-0.2, 0) is 4.74 Å². The van der Waals surface area contributed by atoms with Gasteiger partial charge in [0.05, 0.1) is 6.61 Å². The van der Waals surface area contributed by atoms with Crippen molar-refractivity contribution < 1.29 is 19.0 Å². The van der Waals surface area contributed by atoms with Gasteiger partial charge in [0.25, 0.3) is 0 Å². The highest BCUT2D eigenvalue weighted by Gasteiger charge is 2.55. The highest BCUT2D eigenvalue weighted by atomic mass is 19.1. The van der Waals surface area contributed by atoms with Crippen molar-refractivity contribution in [2.75, 3.05) is 13.2 Å². The van der Waals surface area contributed by atoms with E-state index in [0.29, 0.717) is 12.0 Å². The minimum Gasteiger partial charge on any atom is -0.444 e. The maximum Gasteiger partial charge on any atom is 0.407 e. The van der Waals surface area contributed by atoms with Gasteiger partial charge in [0, 0.05) is 12.0 Å². The minimum absolute atomic E-state index is 0.0707. The van der Waals surface area contributed by atoms with Gasteiger partial charge in [-0.05, 0) is 44.7 Å². The number of benzene rings is 1. The lowest BCUT2D eigenvalue weighted by Crippen LogP contribution is -2.37. The molecular formula is C16H22FNO3. The summed E-state index contributed by atoms with van der Waals surface area (Å²) < 4.78 is 19.0. The molecule has 1 aromatic carbocycles. The predicted octanol–water partition coefficient (Wildman–Crippen LogP) is 2.82. The van der Waals surface area contributed by atoms with Crippen LogP contribution in [0.4, 0.5) is 9.18 Å². The molecule has 21 heavy (non-hydrogen) atoms. The van der Waals surface area contributed by atoms with Gasteiger partial charge in [-0.15, -0.1) is 0 Å². The zero-order valence-electron chi connectivity index (χ0n) is 12.6. The van der Waals surface area contributed by atoms with Crippen molar-refractivity contribution in [3.8, 4) is 0 Å². The molecule has 4 nitrogen and oxygen atoms in total. The van der Waals surface area contributed by atoms with E-state index in [-0.39, 0.29) is 24.9 Å². The number of ether oxygens (including phenoxy) is 1.